The van der Waals surface area contributed by atoms with Gasteiger partial charge < -0.3 is 9.73 Å². The van der Waals surface area contributed by atoms with Gasteiger partial charge in [-0.1, -0.05) is 49.6 Å². The first-order chi connectivity index (χ1) is 10.8. The minimum atomic E-state index is -0.0190. The van der Waals surface area contributed by atoms with Crippen molar-refractivity contribution in [2.75, 3.05) is 0 Å². The molecule has 0 radical (unpaired) electrons. The van der Waals surface area contributed by atoms with E-state index < -0.39 is 0 Å². The van der Waals surface area contributed by atoms with Crippen LogP contribution in [0, 0.1) is 0 Å². The molecule has 0 spiro atoms. The molecule has 1 amide bonds. The number of furan rings is 1. The smallest absolute Gasteiger partial charge is 0.252 e. The average Bonchev–Trinajstić information content (AvgIpc) is 3.07. The number of hydrogen-bond donors (Lipinski definition) is 1. The maximum absolute atomic E-state index is 12.7. The fourth-order valence-electron chi connectivity index (χ4n) is 2.92. The predicted molar refractivity (Wildman–Crippen MR) is 88.0 cm³/mol. The van der Waals surface area contributed by atoms with E-state index in [2.05, 4.69) is 5.32 Å². The zero-order chi connectivity index (χ0) is 15.2. The minimum absolute atomic E-state index is 0.0190. The van der Waals surface area contributed by atoms with Crippen LogP contribution in [0.2, 0.25) is 0 Å². The summed E-state index contributed by atoms with van der Waals surface area (Å²) >= 11 is 0. The summed E-state index contributed by atoms with van der Waals surface area (Å²) in [6.45, 7) is 0. The lowest BCUT2D eigenvalue weighted by molar-refractivity contribution is -0.116. The molecule has 114 valence electrons. The maximum atomic E-state index is 12.7. The number of nitrogens with one attached hydrogen (secondary N) is 1. The van der Waals surface area contributed by atoms with Crippen molar-refractivity contribution in [1.29, 1.82) is 0 Å². The highest BCUT2D eigenvalue weighted by atomic mass is 16.3. The van der Waals surface area contributed by atoms with Crippen LogP contribution in [0.3, 0.4) is 0 Å². The zero-order valence-electron chi connectivity index (χ0n) is 12.6. The van der Waals surface area contributed by atoms with E-state index in [0.29, 0.717) is 17.4 Å². The standard InChI is InChI=1S/C19H21NO2/c21-19(20-16-10-5-2-6-11-16)18(14-17-12-7-13-22-17)15-8-3-1-4-9-15/h1,3-4,7-9,12-14,16H,2,5-6,10-11H2,(H,20,21). The van der Waals surface area contributed by atoms with Gasteiger partial charge >= 0.3 is 0 Å². The molecule has 1 saturated carbocycles. The molecule has 22 heavy (non-hydrogen) atoms. The van der Waals surface area contributed by atoms with Crippen molar-refractivity contribution in [2.24, 2.45) is 0 Å². The molecule has 1 aliphatic rings. The Morgan fingerprint density at radius 3 is 2.50 bits per heavy atom. The Hall–Kier alpha value is -2.29. The highest BCUT2D eigenvalue weighted by Gasteiger charge is 2.19. The third-order valence-corrected chi connectivity index (χ3v) is 4.10. The second-order valence-corrected chi connectivity index (χ2v) is 5.75. The van der Waals surface area contributed by atoms with Gasteiger partial charge in [0.1, 0.15) is 5.76 Å². The van der Waals surface area contributed by atoms with Gasteiger partial charge in [-0.25, -0.2) is 0 Å². The van der Waals surface area contributed by atoms with E-state index in [4.69, 9.17) is 4.42 Å². The Morgan fingerprint density at radius 2 is 1.82 bits per heavy atom. The number of benzene rings is 1. The molecule has 3 nitrogen and oxygen atoms in total. The highest BCUT2D eigenvalue weighted by Crippen LogP contribution is 2.22. The van der Waals surface area contributed by atoms with Crippen LogP contribution in [0.5, 0.6) is 0 Å². The first-order valence-corrected chi connectivity index (χ1v) is 7.94. The zero-order valence-corrected chi connectivity index (χ0v) is 12.6. The van der Waals surface area contributed by atoms with E-state index in [1.807, 2.05) is 48.5 Å². The number of hydrogen-bond acceptors (Lipinski definition) is 2. The average molecular weight is 295 g/mol. The molecule has 1 N–H and O–H groups in total. The number of carbonyl (C=O) groups excluding carboxylic acids is 1. The van der Waals surface area contributed by atoms with Crippen molar-refractivity contribution in [3.63, 3.8) is 0 Å². The van der Waals surface area contributed by atoms with Gasteiger partial charge in [-0.2, -0.15) is 0 Å². The first-order valence-electron chi connectivity index (χ1n) is 7.94. The summed E-state index contributed by atoms with van der Waals surface area (Å²) in [6, 6.07) is 13.7. The molecular formula is C19H21NO2. The molecule has 3 heteroatoms. The van der Waals surface area contributed by atoms with Crippen molar-refractivity contribution in [3.05, 3.63) is 60.1 Å². The van der Waals surface area contributed by atoms with E-state index in [1.54, 1.807) is 6.26 Å². The molecule has 1 heterocycles. The van der Waals surface area contributed by atoms with Crippen LogP contribution < -0.4 is 5.32 Å². The molecule has 1 aromatic heterocycles. The van der Waals surface area contributed by atoms with Crippen LogP contribution in [0.15, 0.2) is 53.1 Å². The molecule has 0 saturated heterocycles. The SMILES string of the molecule is O=C(NC1CCCCC1)C(=Cc1ccco1)c1ccccc1. The van der Waals surface area contributed by atoms with E-state index >= 15 is 0 Å². The van der Waals surface area contributed by atoms with E-state index in [1.165, 1.54) is 19.3 Å². The Kier molecular flexibility index (Phi) is 4.74. The van der Waals surface area contributed by atoms with Crippen LogP contribution in [-0.4, -0.2) is 11.9 Å². The molecule has 1 aromatic carbocycles. The van der Waals surface area contributed by atoms with Gasteiger partial charge in [0.05, 0.1) is 11.8 Å². The number of amides is 1. The van der Waals surface area contributed by atoms with E-state index in [0.717, 1.165) is 18.4 Å². The summed E-state index contributed by atoms with van der Waals surface area (Å²) in [4.78, 5) is 12.7. The van der Waals surface area contributed by atoms with Gasteiger partial charge in [-0.3, -0.25) is 4.79 Å². The molecule has 3 rings (SSSR count). The van der Waals surface area contributed by atoms with Crippen molar-refractivity contribution in [1.82, 2.24) is 5.32 Å². The second-order valence-electron chi connectivity index (χ2n) is 5.75. The summed E-state index contributed by atoms with van der Waals surface area (Å²) in [5.41, 5.74) is 1.56. The van der Waals surface area contributed by atoms with Gasteiger partial charge in [0, 0.05) is 6.04 Å². The third kappa shape index (κ3) is 3.67. The van der Waals surface area contributed by atoms with Crippen molar-refractivity contribution >= 4 is 17.6 Å². The Balaban J connectivity index is 1.83. The predicted octanol–water partition coefficient (Wildman–Crippen LogP) is 4.27. The number of rotatable bonds is 4. The third-order valence-electron chi connectivity index (χ3n) is 4.10. The van der Waals surface area contributed by atoms with Crippen LogP contribution >= 0.6 is 0 Å². The summed E-state index contributed by atoms with van der Waals surface area (Å²) < 4.78 is 5.37. The molecule has 0 bridgehead atoms. The largest absolute Gasteiger partial charge is 0.465 e. The van der Waals surface area contributed by atoms with Crippen LogP contribution in [-0.2, 0) is 4.79 Å². The fraction of sp³-hybridized carbons (Fsp3) is 0.316. The lowest BCUT2D eigenvalue weighted by Gasteiger charge is -2.23. The van der Waals surface area contributed by atoms with Gasteiger partial charge in [0.25, 0.3) is 5.91 Å². The lowest BCUT2D eigenvalue weighted by atomic mass is 9.94. The highest BCUT2D eigenvalue weighted by molar-refractivity contribution is 6.24. The summed E-state index contributed by atoms with van der Waals surface area (Å²) in [5, 5.41) is 3.18. The van der Waals surface area contributed by atoms with Gasteiger partial charge in [-0.15, -0.1) is 0 Å². The van der Waals surface area contributed by atoms with E-state index in [9.17, 15) is 4.79 Å². The molecule has 0 unspecified atom stereocenters. The van der Waals surface area contributed by atoms with E-state index in [-0.39, 0.29) is 5.91 Å². The molecule has 0 atom stereocenters. The molecular weight excluding hydrogens is 274 g/mol. The maximum Gasteiger partial charge on any atom is 0.252 e. The Labute approximate surface area is 131 Å². The van der Waals surface area contributed by atoms with Crippen molar-refractivity contribution < 1.29 is 9.21 Å². The topological polar surface area (TPSA) is 42.2 Å². The number of carbonyl (C=O) groups is 1. The second kappa shape index (κ2) is 7.12. The van der Waals surface area contributed by atoms with Gasteiger partial charge in [0.15, 0.2) is 0 Å². The first kappa shape index (κ1) is 14.6. The molecule has 1 fully saturated rings. The van der Waals surface area contributed by atoms with Crippen LogP contribution in [0.4, 0.5) is 0 Å². The van der Waals surface area contributed by atoms with Crippen molar-refractivity contribution in [3.8, 4) is 0 Å². The molecule has 2 aromatic rings. The Morgan fingerprint density at radius 1 is 1.05 bits per heavy atom. The van der Waals surface area contributed by atoms with Gasteiger partial charge in [0.2, 0.25) is 0 Å². The van der Waals surface area contributed by atoms with Crippen molar-refractivity contribution in [2.45, 2.75) is 38.1 Å². The summed E-state index contributed by atoms with van der Waals surface area (Å²) in [7, 11) is 0. The summed E-state index contributed by atoms with van der Waals surface area (Å²) in [6.07, 6.45) is 9.27. The fourth-order valence-corrected chi connectivity index (χ4v) is 2.92. The summed E-state index contributed by atoms with van der Waals surface area (Å²) in [5.74, 6) is 0.673. The minimum Gasteiger partial charge on any atom is -0.465 e. The molecule has 1 aliphatic carbocycles. The van der Waals surface area contributed by atoms with Crippen LogP contribution in [0.25, 0.3) is 11.6 Å². The lowest BCUT2D eigenvalue weighted by Crippen LogP contribution is -2.36. The Bertz CT molecular complexity index is 623. The quantitative estimate of drug-likeness (QED) is 0.856. The molecule has 0 aliphatic heterocycles. The normalized spacial score (nSPS) is 16.5. The van der Waals surface area contributed by atoms with Crippen LogP contribution in [0.1, 0.15) is 43.4 Å². The monoisotopic (exact) mass is 295 g/mol. The van der Waals surface area contributed by atoms with Gasteiger partial charge in [-0.05, 0) is 36.6 Å².